The largest absolute Gasteiger partial charge is 0.350 e. The van der Waals surface area contributed by atoms with Crippen LogP contribution >= 0.6 is 11.6 Å². The third-order valence-electron chi connectivity index (χ3n) is 4.67. The molecule has 1 aromatic carbocycles. The molecule has 2 atom stereocenters. The number of rotatable bonds is 6. The Morgan fingerprint density at radius 1 is 1.21 bits per heavy atom. The van der Waals surface area contributed by atoms with Gasteiger partial charge in [0.1, 0.15) is 17.5 Å². The lowest BCUT2D eigenvalue weighted by Gasteiger charge is -2.08. The van der Waals surface area contributed by atoms with Crippen LogP contribution in [0.5, 0.6) is 0 Å². The van der Waals surface area contributed by atoms with E-state index >= 15 is 0 Å². The van der Waals surface area contributed by atoms with E-state index in [2.05, 4.69) is 40.8 Å². The Morgan fingerprint density at radius 2 is 2.11 bits per heavy atom. The van der Waals surface area contributed by atoms with Crippen LogP contribution in [0.3, 0.4) is 0 Å². The first-order chi connectivity index (χ1) is 13.7. The van der Waals surface area contributed by atoms with Crippen LogP contribution in [-0.4, -0.2) is 36.3 Å². The lowest BCUT2D eigenvalue weighted by atomic mass is 10.2. The van der Waals surface area contributed by atoms with Crippen molar-refractivity contribution in [2.75, 3.05) is 10.6 Å². The molecule has 0 aliphatic heterocycles. The number of aromatic amines is 2. The minimum Gasteiger partial charge on any atom is -0.350 e. The lowest BCUT2D eigenvalue weighted by Crippen LogP contribution is -2.05. The predicted molar refractivity (Wildman–Crippen MR) is 105 cm³/mol. The monoisotopic (exact) mass is 398 g/mol. The average Bonchev–Trinajstić information content (AvgIpc) is 3.10. The fourth-order valence-corrected chi connectivity index (χ4v) is 3.33. The number of anilines is 3. The molecule has 4 N–H and O–H groups in total. The molecule has 0 unspecified atom stereocenters. The van der Waals surface area contributed by atoms with Crippen molar-refractivity contribution in [2.24, 2.45) is 0 Å². The van der Waals surface area contributed by atoms with E-state index < -0.39 is 6.17 Å². The molecule has 0 spiro atoms. The Morgan fingerprint density at radius 3 is 2.96 bits per heavy atom. The normalized spacial score (nSPS) is 18.4. The van der Waals surface area contributed by atoms with Crippen LogP contribution in [-0.2, 0) is 6.54 Å². The highest BCUT2D eigenvalue weighted by atomic mass is 35.5. The molecule has 28 heavy (non-hydrogen) atoms. The summed E-state index contributed by atoms with van der Waals surface area (Å²) in [4.78, 5) is 15.9. The number of benzene rings is 1. The Balaban J connectivity index is 1.27. The highest BCUT2D eigenvalue weighted by Gasteiger charge is 2.40. The average molecular weight is 399 g/mol. The van der Waals surface area contributed by atoms with E-state index in [-0.39, 0.29) is 5.92 Å². The van der Waals surface area contributed by atoms with E-state index in [0.717, 1.165) is 22.3 Å². The molecule has 4 aromatic rings. The van der Waals surface area contributed by atoms with Gasteiger partial charge in [0.25, 0.3) is 0 Å². The number of alkyl halides is 1. The number of nitrogens with zero attached hydrogens (tertiary/aromatic N) is 4. The van der Waals surface area contributed by atoms with Crippen LogP contribution in [0.2, 0.25) is 5.02 Å². The maximum absolute atomic E-state index is 13.2. The van der Waals surface area contributed by atoms with Crippen LogP contribution in [0.15, 0.2) is 36.8 Å². The van der Waals surface area contributed by atoms with Gasteiger partial charge in [0, 0.05) is 30.4 Å². The van der Waals surface area contributed by atoms with Crippen LogP contribution < -0.4 is 10.6 Å². The summed E-state index contributed by atoms with van der Waals surface area (Å²) in [5.74, 6) is 1.55. The maximum atomic E-state index is 13.2. The fraction of sp³-hybridized carbons (Fsp3) is 0.222. The summed E-state index contributed by atoms with van der Waals surface area (Å²) in [6.45, 7) is 0.456. The molecule has 3 heterocycles. The van der Waals surface area contributed by atoms with E-state index in [4.69, 9.17) is 11.6 Å². The first kappa shape index (κ1) is 16.9. The molecule has 10 heteroatoms. The topological polar surface area (TPSA) is 107 Å². The summed E-state index contributed by atoms with van der Waals surface area (Å²) < 4.78 is 13.2. The fourth-order valence-electron chi connectivity index (χ4n) is 3.05. The van der Waals surface area contributed by atoms with Crippen molar-refractivity contribution in [1.29, 1.82) is 0 Å². The molecule has 142 valence electrons. The quantitative estimate of drug-likeness (QED) is 0.392. The number of fused-ring (bicyclic) bond motifs is 1. The van der Waals surface area contributed by atoms with Gasteiger partial charge in [0.05, 0.1) is 16.9 Å². The van der Waals surface area contributed by atoms with E-state index in [0.29, 0.717) is 35.6 Å². The number of imidazole rings is 1. The molecule has 3 aromatic heterocycles. The molecule has 8 nitrogen and oxygen atoms in total. The summed E-state index contributed by atoms with van der Waals surface area (Å²) in [6.07, 6.45) is 3.04. The summed E-state index contributed by atoms with van der Waals surface area (Å²) in [7, 11) is 0. The van der Waals surface area contributed by atoms with Crippen LogP contribution in [0.25, 0.3) is 11.0 Å². The Bertz CT molecular complexity index is 1140. The van der Waals surface area contributed by atoms with Gasteiger partial charge in [-0.2, -0.15) is 10.1 Å². The van der Waals surface area contributed by atoms with Gasteiger partial charge in [0.2, 0.25) is 5.95 Å². The third-order valence-corrected chi connectivity index (χ3v) is 5.09. The molecule has 0 bridgehead atoms. The van der Waals surface area contributed by atoms with Gasteiger partial charge >= 0.3 is 0 Å². The highest BCUT2D eigenvalue weighted by molar-refractivity contribution is 6.35. The summed E-state index contributed by atoms with van der Waals surface area (Å²) >= 11 is 6.42. The van der Waals surface area contributed by atoms with E-state index in [1.807, 2.05) is 12.1 Å². The smallest absolute Gasteiger partial charge is 0.224 e. The number of nitrogens with one attached hydrogen (secondary N) is 4. The molecule has 0 amide bonds. The molecule has 0 saturated heterocycles. The summed E-state index contributed by atoms with van der Waals surface area (Å²) in [6, 6.07) is 7.40. The zero-order valence-corrected chi connectivity index (χ0v) is 15.3. The van der Waals surface area contributed by atoms with Crippen LogP contribution in [0, 0.1) is 0 Å². The Hall–Kier alpha value is -3.20. The van der Waals surface area contributed by atoms with E-state index in [9.17, 15) is 4.39 Å². The second-order valence-electron chi connectivity index (χ2n) is 6.65. The van der Waals surface area contributed by atoms with Gasteiger partial charge in [-0.3, -0.25) is 5.10 Å². The number of H-pyrrole nitrogens is 2. The summed E-state index contributed by atoms with van der Waals surface area (Å²) in [5.41, 5.74) is 3.31. The van der Waals surface area contributed by atoms with Gasteiger partial charge in [-0.15, -0.1) is 0 Å². The number of hydrogen-bond donors (Lipinski definition) is 4. The van der Waals surface area contributed by atoms with Gasteiger partial charge in [-0.1, -0.05) is 17.7 Å². The molecule has 1 aliphatic rings. The standard InChI is InChI=1S/C18H16ClFN8/c19-16-9(1-2-12-17(16)24-8-23-12)7-22-18-21-4-3-14(26-18)25-15-6-13(27-28-15)10-5-11(10)20/h1-4,6,8,10-11H,5,7H2,(H,23,24)(H3,21,22,25,26,27,28)/t10-,11+/m0/s1. The van der Waals surface area contributed by atoms with Crippen molar-refractivity contribution in [3.8, 4) is 0 Å². The van der Waals surface area contributed by atoms with Gasteiger partial charge in [-0.25, -0.2) is 14.4 Å². The second-order valence-corrected chi connectivity index (χ2v) is 7.03. The predicted octanol–water partition coefficient (Wildman–Crippen LogP) is 3.91. The van der Waals surface area contributed by atoms with Crippen molar-refractivity contribution in [1.82, 2.24) is 30.1 Å². The Kier molecular flexibility index (Phi) is 4.09. The van der Waals surface area contributed by atoms with Crippen LogP contribution in [0.4, 0.5) is 22.0 Å². The molecule has 1 aliphatic carbocycles. The SMILES string of the molecule is F[C@@H]1C[C@@H]1c1cc(Nc2ccnc(NCc3ccc4[nH]cnc4c3Cl)n2)n[nH]1. The molecular formula is C18H16ClFN8. The van der Waals surface area contributed by atoms with Gasteiger partial charge < -0.3 is 15.6 Å². The summed E-state index contributed by atoms with van der Waals surface area (Å²) in [5, 5.41) is 13.9. The van der Waals surface area contributed by atoms with E-state index in [1.54, 1.807) is 24.7 Å². The number of aromatic nitrogens is 6. The minimum absolute atomic E-state index is 0.0673. The maximum Gasteiger partial charge on any atom is 0.224 e. The molecule has 1 saturated carbocycles. The van der Waals surface area contributed by atoms with Crippen LogP contribution in [0.1, 0.15) is 23.6 Å². The second kappa shape index (κ2) is 6.75. The van der Waals surface area contributed by atoms with Crippen molar-refractivity contribution in [3.05, 3.63) is 53.1 Å². The highest BCUT2D eigenvalue weighted by Crippen LogP contribution is 2.43. The molecular weight excluding hydrogens is 383 g/mol. The lowest BCUT2D eigenvalue weighted by molar-refractivity contribution is 0.466. The van der Waals surface area contributed by atoms with Crippen molar-refractivity contribution < 1.29 is 4.39 Å². The van der Waals surface area contributed by atoms with Gasteiger partial charge in [-0.05, 0) is 24.1 Å². The number of halogens is 2. The molecule has 0 radical (unpaired) electrons. The van der Waals surface area contributed by atoms with E-state index in [1.165, 1.54) is 0 Å². The zero-order valence-electron chi connectivity index (χ0n) is 14.6. The minimum atomic E-state index is -0.768. The third kappa shape index (κ3) is 3.24. The van der Waals surface area contributed by atoms with Crippen molar-refractivity contribution >= 4 is 40.2 Å². The molecule has 5 rings (SSSR count). The Labute approximate surface area is 164 Å². The first-order valence-corrected chi connectivity index (χ1v) is 9.19. The molecule has 1 fully saturated rings. The first-order valence-electron chi connectivity index (χ1n) is 8.81. The zero-order chi connectivity index (χ0) is 19.1. The van der Waals surface area contributed by atoms with Gasteiger partial charge in [0.15, 0.2) is 5.82 Å². The van der Waals surface area contributed by atoms with Crippen molar-refractivity contribution in [2.45, 2.75) is 25.1 Å². The van der Waals surface area contributed by atoms with Crippen molar-refractivity contribution in [3.63, 3.8) is 0 Å². The number of hydrogen-bond acceptors (Lipinski definition) is 6.